The van der Waals surface area contributed by atoms with Crippen molar-refractivity contribution in [3.8, 4) is 0 Å². The molecule has 5 rings (SSSR count). The minimum atomic E-state index is -3.64. The smallest absolute Gasteiger partial charge is 0.243 e. The third-order valence-corrected chi connectivity index (χ3v) is 8.87. The predicted molar refractivity (Wildman–Crippen MR) is 129 cm³/mol. The zero-order valence-electron chi connectivity index (χ0n) is 18.6. The van der Waals surface area contributed by atoms with Gasteiger partial charge in [0.2, 0.25) is 15.9 Å². The van der Waals surface area contributed by atoms with Crippen molar-refractivity contribution in [1.82, 2.24) is 14.5 Å². The summed E-state index contributed by atoms with van der Waals surface area (Å²) in [6.07, 6.45) is 3.14. The molecule has 1 atom stereocenters. The molecule has 1 spiro atoms. The maximum Gasteiger partial charge on any atom is 0.243 e. The van der Waals surface area contributed by atoms with Gasteiger partial charge in [0.15, 0.2) is 0 Å². The van der Waals surface area contributed by atoms with E-state index in [2.05, 4.69) is 5.32 Å². The van der Waals surface area contributed by atoms with Gasteiger partial charge in [-0.15, -0.1) is 0 Å². The van der Waals surface area contributed by atoms with Crippen molar-refractivity contribution in [3.63, 3.8) is 0 Å². The average Bonchev–Trinajstić information content (AvgIpc) is 3.44. The number of halogens is 1. The summed E-state index contributed by atoms with van der Waals surface area (Å²) in [6, 6.07) is 19.4. The van der Waals surface area contributed by atoms with Crippen LogP contribution < -0.4 is 5.32 Å². The number of piperidine rings is 1. The molecule has 3 aromatic rings. The van der Waals surface area contributed by atoms with Crippen LogP contribution in [0.4, 0.5) is 0 Å². The van der Waals surface area contributed by atoms with E-state index in [0.29, 0.717) is 49.7 Å². The zero-order valence-corrected chi connectivity index (χ0v) is 20.1. The summed E-state index contributed by atoms with van der Waals surface area (Å²) in [5, 5.41) is 4.07. The van der Waals surface area contributed by atoms with Gasteiger partial charge in [0, 0.05) is 18.1 Å². The molecule has 2 aromatic carbocycles. The molecule has 0 radical (unpaired) electrons. The predicted octanol–water partition coefficient (Wildman–Crippen LogP) is 3.66. The Bertz CT molecular complexity index is 1240. The van der Waals surface area contributed by atoms with Gasteiger partial charge in [-0.05, 0) is 61.2 Å². The molecule has 1 amide bonds. The number of sulfonamides is 1. The van der Waals surface area contributed by atoms with Crippen molar-refractivity contribution in [3.05, 3.63) is 89.3 Å². The fourth-order valence-corrected chi connectivity index (χ4v) is 6.47. The Hall–Kier alpha value is -2.65. The Morgan fingerprint density at radius 3 is 2.35 bits per heavy atom. The Kier molecular flexibility index (Phi) is 6.24. The third-order valence-electron chi connectivity index (χ3n) is 6.70. The first-order valence-corrected chi connectivity index (χ1v) is 13.1. The second kappa shape index (κ2) is 9.19. The number of amides is 1. The Labute approximate surface area is 204 Å². The summed E-state index contributed by atoms with van der Waals surface area (Å²) >= 11 is 5.93. The highest BCUT2D eigenvalue weighted by Gasteiger charge is 2.52. The average molecular weight is 500 g/mol. The third kappa shape index (κ3) is 4.38. The monoisotopic (exact) mass is 499 g/mol. The quantitative estimate of drug-likeness (QED) is 0.559. The van der Waals surface area contributed by atoms with Crippen LogP contribution in [0.5, 0.6) is 0 Å². The first kappa shape index (κ1) is 23.1. The molecule has 1 aromatic heterocycles. The van der Waals surface area contributed by atoms with Gasteiger partial charge in [0.05, 0.1) is 29.4 Å². The van der Waals surface area contributed by atoms with Gasteiger partial charge < -0.3 is 9.32 Å². The van der Waals surface area contributed by atoms with Crippen LogP contribution in [-0.2, 0) is 27.8 Å². The number of hydrogen-bond donors (Lipinski definition) is 1. The minimum Gasteiger partial charge on any atom is -0.467 e. The van der Waals surface area contributed by atoms with Crippen LogP contribution in [0.3, 0.4) is 0 Å². The topological polar surface area (TPSA) is 82.9 Å². The van der Waals surface area contributed by atoms with Gasteiger partial charge in [0.25, 0.3) is 0 Å². The molecule has 178 valence electrons. The van der Waals surface area contributed by atoms with Gasteiger partial charge in [-0.25, -0.2) is 8.42 Å². The van der Waals surface area contributed by atoms with E-state index in [9.17, 15) is 13.2 Å². The summed E-state index contributed by atoms with van der Waals surface area (Å²) in [7, 11) is -3.64. The van der Waals surface area contributed by atoms with Crippen LogP contribution in [-0.4, -0.2) is 48.3 Å². The van der Waals surface area contributed by atoms with E-state index in [1.165, 1.54) is 16.4 Å². The standard InChI is InChI=1S/C25H26ClN3O4S/c26-20-8-10-22(11-9-20)34(31,32)28-14-12-25(13-15-28)27-23(17-19-5-2-1-3-6-19)24(30)29(25)18-21-7-4-16-33-21/h1-11,16,23,27H,12-15,17-18H2/t23-/m1/s1. The number of hydrogen-bond acceptors (Lipinski definition) is 5. The molecule has 2 saturated heterocycles. The number of furan rings is 1. The Morgan fingerprint density at radius 2 is 1.71 bits per heavy atom. The molecule has 0 unspecified atom stereocenters. The van der Waals surface area contributed by atoms with E-state index in [0.717, 1.165) is 5.56 Å². The first-order valence-electron chi connectivity index (χ1n) is 11.3. The van der Waals surface area contributed by atoms with Crippen molar-refractivity contribution >= 4 is 27.5 Å². The van der Waals surface area contributed by atoms with Crippen molar-refractivity contribution in [1.29, 1.82) is 0 Å². The molecular weight excluding hydrogens is 474 g/mol. The maximum absolute atomic E-state index is 13.5. The van der Waals surface area contributed by atoms with Crippen LogP contribution in [0.1, 0.15) is 24.2 Å². The summed E-state index contributed by atoms with van der Waals surface area (Å²) in [5.41, 5.74) is 0.445. The van der Waals surface area contributed by atoms with Crippen molar-refractivity contribution in [2.75, 3.05) is 13.1 Å². The highest BCUT2D eigenvalue weighted by Crippen LogP contribution is 2.36. The molecule has 9 heteroatoms. The molecule has 2 aliphatic rings. The van der Waals surface area contributed by atoms with E-state index in [1.807, 2.05) is 41.3 Å². The molecule has 3 heterocycles. The lowest BCUT2D eigenvalue weighted by Crippen LogP contribution is -2.59. The highest BCUT2D eigenvalue weighted by atomic mass is 35.5. The molecular formula is C25H26ClN3O4S. The number of carbonyl (C=O) groups is 1. The largest absolute Gasteiger partial charge is 0.467 e. The number of nitrogens with zero attached hydrogens (tertiary/aromatic N) is 2. The minimum absolute atomic E-state index is 0.00858. The number of carbonyl (C=O) groups excluding carboxylic acids is 1. The molecule has 2 aliphatic heterocycles. The Balaban J connectivity index is 1.37. The summed E-state index contributed by atoms with van der Waals surface area (Å²) < 4.78 is 33.4. The first-order chi connectivity index (χ1) is 16.4. The lowest BCUT2D eigenvalue weighted by molar-refractivity contribution is -0.134. The summed E-state index contributed by atoms with van der Waals surface area (Å²) in [5.74, 6) is 0.709. The van der Waals surface area contributed by atoms with Gasteiger partial charge in [-0.2, -0.15) is 4.31 Å². The second-order valence-corrected chi connectivity index (χ2v) is 11.2. The van der Waals surface area contributed by atoms with Crippen molar-refractivity contribution in [2.45, 2.75) is 42.4 Å². The lowest BCUT2D eigenvalue weighted by Gasteiger charge is -2.44. The number of nitrogens with one attached hydrogen (secondary N) is 1. The molecule has 0 saturated carbocycles. The van der Waals surface area contributed by atoms with Crippen LogP contribution in [0, 0.1) is 0 Å². The van der Waals surface area contributed by atoms with E-state index in [1.54, 1.807) is 24.5 Å². The summed E-state index contributed by atoms with van der Waals surface area (Å²) in [4.78, 5) is 15.6. The van der Waals surface area contributed by atoms with Crippen LogP contribution in [0.25, 0.3) is 0 Å². The highest BCUT2D eigenvalue weighted by molar-refractivity contribution is 7.89. The molecule has 34 heavy (non-hydrogen) atoms. The number of benzene rings is 2. The Morgan fingerprint density at radius 1 is 1.00 bits per heavy atom. The SMILES string of the molecule is O=C1[C@@H](Cc2ccccc2)NC2(CCN(S(=O)(=O)c3ccc(Cl)cc3)CC2)N1Cc1ccco1. The van der Waals surface area contributed by atoms with Crippen LogP contribution >= 0.6 is 11.6 Å². The second-order valence-electron chi connectivity index (χ2n) is 8.78. The van der Waals surface area contributed by atoms with E-state index < -0.39 is 15.7 Å². The van der Waals surface area contributed by atoms with Gasteiger partial charge in [0.1, 0.15) is 5.76 Å². The zero-order chi connectivity index (χ0) is 23.8. The molecule has 2 fully saturated rings. The van der Waals surface area contributed by atoms with Crippen molar-refractivity contribution < 1.29 is 17.6 Å². The molecule has 7 nitrogen and oxygen atoms in total. The molecule has 1 N–H and O–H groups in total. The molecule has 0 aliphatic carbocycles. The number of rotatable bonds is 6. The van der Waals surface area contributed by atoms with E-state index >= 15 is 0 Å². The van der Waals surface area contributed by atoms with E-state index in [4.69, 9.17) is 16.0 Å². The molecule has 0 bridgehead atoms. The fraction of sp³-hybridized carbons (Fsp3) is 0.320. The lowest BCUT2D eigenvalue weighted by atomic mass is 9.97. The van der Waals surface area contributed by atoms with E-state index in [-0.39, 0.29) is 16.8 Å². The van der Waals surface area contributed by atoms with Gasteiger partial charge >= 0.3 is 0 Å². The maximum atomic E-state index is 13.5. The van der Waals surface area contributed by atoms with Gasteiger partial charge in [-0.3, -0.25) is 10.1 Å². The van der Waals surface area contributed by atoms with Gasteiger partial charge in [-0.1, -0.05) is 41.9 Å². The van der Waals surface area contributed by atoms with Crippen LogP contribution in [0.2, 0.25) is 5.02 Å². The summed E-state index contributed by atoms with van der Waals surface area (Å²) in [6.45, 7) is 0.948. The van der Waals surface area contributed by atoms with Crippen LogP contribution in [0.15, 0.2) is 82.3 Å². The normalized spacial score (nSPS) is 20.8. The fourth-order valence-electron chi connectivity index (χ4n) is 4.91. The van der Waals surface area contributed by atoms with Crippen molar-refractivity contribution in [2.24, 2.45) is 0 Å².